The van der Waals surface area contributed by atoms with Gasteiger partial charge in [-0.1, -0.05) is 84.9 Å². The van der Waals surface area contributed by atoms with Crippen molar-refractivity contribution in [2.24, 2.45) is 0 Å². The van der Waals surface area contributed by atoms with E-state index < -0.39 is 0 Å². The second-order valence-corrected chi connectivity index (χ2v) is 7.16. The molecule has 0 radical (unpaired) electrons. The molecule has 0 aliphatic carbocycles. The lowest BCUT2D eigenvalue weighted by Gasteiger charge is -2.17. The summed E-state index contributed by atoms with van der Waals surface area (Å²) in [4.78, 5) is 0. The van der Waals surface area contributed by atoms with Crippen LogP contribution in [0.5, 0.6) is 0 Å². The Morgan fingerprint density at radius 2 is 0.704 bits per heavy atom. The highest BCUT2D eigenvalue weighted by molar-refractivity contribution is 6.40. The van der Waals surface area contributed by atoms with Crippen molar-refractivity contribution in [3.05, 3.63) is 91.0 Å². The van der Waals surface area contributed by atoms with Gasteiger partial charge in [0.25, 0.3) is 0 Å². The molecule has 1 heteroatoms. The van der Waals surface area contributed by atoms with E-state index in [4.69, 9.17) is 5.73 Å². The summed E-state index contributed by atoms with van der Waals surface area (Å²) in [5.74, 6) is 0. The smallest absolute Gasteiger partial charge is 0.0400 e. The fourth-order valence-electron chi connectivity index (χ4n) is 4.70. The number of fused-ring (bicyclic) bond motifs is 11. The maximum Gasteiger partial charge on any atom is 0.0400 e. The highest BCUT2D eigenvalue weighted by Crippen LogP contribution is 2.44. The fraction of sp³-hybridized carbons (Fsp3) is 0. The van der Waals surface area contributed by atoms with Crippen molar-refractivity contribution in [2.75, 3.05) is 5.73 Å². The first-order valence-corrected chi connectivity index (χ1v) is 9.26. The zero-order valence-electron chi connectivity index (χ0n) is 14.7. The highest BCUT2D eigenvalue weighted by Gasteiger charge is 2.16. The van der Waals surface area contributed by atoms with Crippen molar-refractivity contribution in [3.63, 3.8) is 0 Å². The number of nitrogens with two attached hydrogens (primary N) is 1. The van der Waals surface area contributed by atoms with E-state index in [1.54, 1.807) is 0 Å². The molecule has 0 bridgehead atoms. The Hall–Kier alpha value is -3.58. The van der Waals surface area contributed by atoms with Crippen molar-refractivity contribution in [1.29, 1.82) is 0 Å². The largest absolute Gasteiger partial charge is 0.398 e. The Labute approximate surface area is 156 Å². The van der Waals surface area contributed by atoms with E-state index >= 15 is 0 Å². The van der Waals surface area contributed by atoms with Crippen molar-refractivity contribution in [2.45, 2.75) is 0 Å². The van der Waals surface area contributed by atoms with Crippen LogP contribution in [0.3, 0.4) is 0 Å². The molecule has 2 N–H and O–H groups in total. The molecule has 0 unspecified atom stereocenters. The number of rotatable bonds is 0. The Morgan fingerprint density at radius 1 is 0.333 bits per heavy atom. The normalized spacial score (nSPS) is 11.9. The molecule has 0 fully saturated rings. The van der Waals surface area contributed by atoms with E-state index in [2.05, 4.69) is 84.9 Å². The molecule has 0 atom stereocenters. The van der Waals surface area contributed by atoms with Crippen molar-refractivity contribution < 1.29 is 0 Å². The maximum atomic E-state index is 6.47. The molecule has 0 amide bonds. The van der Waals surface area contributed by atoms with Gasteiger partial charge in [0.05, 0.1) is 0 Å². The van der Waals surface area contributed by atoms with Crippen LogP contribution in [0.25, 0.3) is 53.9 Å². The second kappa shape index (κ2) is 5.21. The van der Waals surface area contributed by atoms with E-state index in [0.717, 1.165) is 11.1 Å². The van der Waals surface area contributed by atoms with Crippen LogP contribution in [0.2, 0.25) is 0 Å². The molecular weight excluding hydrogens is 326 g/mol. The minimum atomic E-state index is 0.836. The first kappa shape index (κ1) is 14.6. The van der Waals surface area contributed by atoms with Gasteiger partial charge in [-0.25, -0.2) is 0 Å². The van der Waals surface area contributed by atoms with Crippen LogP contribution in [0.1, 0.15) is 0 Å². The Balaban J connectivity index is 2.14. The third-order valence-corrected chi connectivity index (χ3v) is 5.76. The van der Waals surface area contributed by atoms with Gasteiger partial charge >= 0.3 is 0 Å². The van der Waals surface area contributed by atoms with Crippen LogP contribution < -0.4 is 5.73 Å². The van der Waals surface area contributed by atoms with Gasteiger partial charge in [0.15, 0.2) is 0 Å². The Kier molecular flexibility index (Phi) is 2.81. The van der Waals surface area contributed by atoms with Gasteiger partial charge in [-0.3, -0.25) is 0 Å². The molecule has 0 aliphatic rings. The molecule has 6 rings (SSSR count). The van der Waals surface area contributed by atoms with Crippen molar-refractivity contribution >= 4 is 59.5 Å². The third-order valence-electron chi connectivity index (χ3n) is 5.76. The van der Waals surface area contributed by atoms with E-state index in [9.17, 15) is 0 Å². The molecule has 0 aromatic heterocycles. The van der Waals surface area contributed by atoms with Gasteiger partial charge < -0.3 is 5.73 Å². The summed E-state index contributed by atoms with van der Waals surface area (Å²) >= 11 is 0. The Morgan fingerprint density at radius 3 is 1.26 bits per heavy atom. The minimum Gasteiger partial charge on any atom is -0.398 e. The number of hydrogen-bond donors (Lipinski definition) is 1. The topological polar surface area (TPSA) is 26.0 Å². The van der Waals surface area contributed by atoms with Gasteiger partial charge in [0.1, 0.15) is 0 Å². The van der Waals surface area contributed by atoms with Crippen LogP contribution in [0.4, 0.5) is 5.69 Å². The Bertz CT molecular complexity index is 1530. The minimum absolute atomic E-state index is 0.836. The predicted octanol–water partition coefficient (Wildman–Crippen LogP) is 7.03. The van der Waals surface area contributed by atoms with Crippen LogP contribution in [-0.2, 0) is 0 Å². The SMILES string of the molecule is Nc1cccc2c1c1ccccc1c1c3ccccc3c3ccccc3c21. The molecular formula is C26H17N. The van der Waals surface area contributed by atoms with E-state index in [1.165, 1.54) is 48.5 Å². The van der Waals surface area contributed by atoms with Crippen LogP contribution in [0, 0.1) is 0 Å². The van der Waals surface area contributed by atoms with E-state index in [-0.39, 0.29) is 0 Å². The summed E-state index contributed by atoms with van der Waals surface area (Å²) in [6.45, 7) is 0. The van der Waals surface area contributed by atoms with Gasteiger partial charge in [0.2, 0.25) is 0 Å². The zero-order chi connectivity index (χ0) is 18.0. The lowest BCUT2D eigenvalue weighted by atomic mass is 9.87. The van der Waals surface area contributed by atoms with Crippen LogP contribution in [0.15, 0.2) is 91.0 Å². The lowest BCUT2D eigenvalue weighted by molar-refractivity contribution is 1.76. The molecule has 0 heterocycles. The number of benzene rings is 6. The third kappa shape index (κ3) is 1.83. The average Bonchev–Trinajstić information content (AvgIpc) is 2.73. The van der Waals surface area contributed by atoms with Crippen molar-refractivity contribution in [3.8, 4) is 0 Å². The molecule has 126 valence electrons. The lowest BCUT2D eigenvalue weighted by Crippen LogP contribution is -1.91. The highest BCUT2D eigenvalue weighted by atomic mass is 14.5. The van der Waals surface area contributed by atoms with Gasteiger partial charge in [-0.15, -0.1) is 0 Å². The second-order valence-electron chi connectivity index (χ2n) is 7.16. The zero-order valence-corrected chi connectivity index (χ0v) is 14.7. The van der Waals surface area contributed by atoms with Gasteiger partial charge in [-0.05, 0) is 54.5 Å². The van der Waals surface area contributed by atoms with Crippen molar-refractivity contribution in [1.82, 2.24) is 0 Å². The van der Waals surface area contributed by atoms with Gasteiger partial charge in [0, 0.05) is 11.1 Å². The summed E-state index contributed by atoms with van der Waals surface area (Å²) in [7, 11) is 0. The first-order chi connectivity index (χ1) is 13.3. The molecule has 1 nitrogen and oxygen atoms in total. The molecule has 0 spiro atoms. The number of hydrogen-bond acceptors (Lipinski definition) is 1. The predicted molar refractivity (Wildman–Crippen MR) is 118 cm³/mol. The standard InChI is InChI=1S/C26H17N/c27-23-15-7-14-22-24(23)20-12-5-6-13-21(20)25-18-10-3-1-8-16(18)17-9-2-4-11-19(17)26(22)25/h1-15H,27H2. The van der Waals surface area contributed by atoms with E-state index in [0.29, 0.717) is 0 Å². The van der Waals surface area contributed by atoms with E-state index in [1.807, 2.05) is 6.07 Å². The molecule has 0 saturated heterocycles. The quantitative estimate of drug-likeness (QED) is 0.232. The summed E-state index contributed by atoms with van der Waals surface area (Å²) in [6, 6.07) is 32.4. The molecule has 0 aliphatic heterocycles. The summed E-state index contributed by atoms with van der Waals surface area (Å²) in [5.41, 5.74) is 7.31. The molecule has 6 aromatic rings. The molecule has 0 saturated carbocycles. The molecule has 6 aromatic carbocycles. The fourth-order valence-corrected chi connectivity index (χ4v) is 4.70. The average molecular weight is 343 g/mol. The number of anilines is 1. The summed E-state index contributed by atoms with van der Waals surface area (Å²) in [6.07, 6.45) is 0. The van der Waals surface area contributed by atoms with Crippen LogP contribution in [-0.4, -0.2) is 0 Å². The van der Waals surface area contributed by atoms with Gasteiger partial charge in [-0.2, -0.15) is 0 Å². The summed E-state index contributed by atoms with van der Waals surface area (Å²) < 4.78 is 0. The molecule has 27 heavy (non-hydrogen) atoms. The summed E-state index contributed by atoms with van der Waals surface area (Å²) in [5, 5.41) is 12.7. The monoisotopic (exact) mass is 343 g/mol. The first-order valence-electron chi connectivity index (χ1n) is 9.26. The maximum absolute atomic E-state index is 6.47. The van der Waals surface area contributed by atoms with Crippen LogP contribution >= 0.6 is 0 Å². The number of nitrogen functional groups attached to an aromatic ring is 1.